The predicted molar refractivity (Wildman–Crippen MR) is 295 cm³/mol. The van der Waals surface area contributed by atoms with Crippen molar-refractivity contribution in [2.24, 2.45) is 0 Å². The SMILES string of the molecule is CC1(C)c2ccccc2-c2cc3c4cc(-c5ccc6c(c5)c5cc7c(cc5n6-c5cccc(-c6nc(-c8ccccc8)nc(-c8ccccc8)n6)c5)oc5ccccc57)ccc4n(-c4ccccc4)c3cc21. The van der Waals surface area contributed by atoms with Gasteiger partial charge in [0.05, 0.1) is 22.1 Å². The highest BCUT2D eigenvalue weighted by Gasteiger charge is 2.36. The molecule has 15 rings (SSSR count). The summed E-state index contributed by atoms with van der Waals surface area (Å²) in [7, 11) is 0. The van der Waals surface area contributed by atoms with Gasteiger partial charge in [-0.15, -0.1) is 0 Å². The van der Waals surface area contributed by atoms with E-state index < -0.39 is 0 Å². The van der Waals surface area contributed by atoms with Crippen molar-refractivity contribution < 1.29 is 4.42 Å². The first-order chi connectivity index (χ1) is 35.4. The monoisotopic (exact) mass is 921 g/mol. The Labute approximate surface area is 414 Å². The van der Waals surface area contributed by atoms with Crippen LogP contribution in [-0.4, -0.2) is 24.1 Å². The lowest BCUT2D eigenvalue weighted by molar-refractivity contribution is 0.661. The Morgan fingerprint density at radius 3 is 1.54 bits per heavy atom. The Morgan fingerprint density at radius 2 is 0.847 bits per heavy atom. The first-order valence-corrected chi connectivity index (χ1v) is 24.6. The van der Waals surface area contributed by atoms with Crippen LogP contribution in [0.25, 0.3) is 133 Å². The van der Waals surface area contributed by atoms with Crippen molar-refractivity contribution >= 4 is 65.6 Å². The predicted octanol–water partition coefficient (Wildman–Crippen LogP) is 16.9. The molecule has 14 aromatic rings. The molecule has 6 nitrogen and oxygen atoms in total. The Morgan fingerprint density at radius 1 is 0.319 bits per heavy atom. The molecule has 1 aliphatic carbocycles. The summed E-state index contributed by atoms with van der Waals surface area (Å²) < 4.78 is 11.4. The van der Waals surface area contributed by atoms with E-state index in [2.05, 4.69) is 181 Å². The highest BCUT2D eigenvalue weighted by Crippen LogP contribution is 2.51. The quantitative estimate of drug-likeness (QED) is 0.167. The molecule has 10 aromatic carbocycles. The largest absolute Gasteiger partial charge is 0.456 e. The number of furan rings is 1. The van der Waals surface area contributed by atoms with Gasteiger partial charge >= 0.3 is 0 Å². The molecule has 0 aliphatic heterocycles. The maximum absolute atomic E-state index is 6.57. The fourth-order valence-corrected chi connectivity index (χ4v) is 11.7. The van der Waals surface area contributed by atoms with Gasteiger partial charge in [0.15, 0.2) is 17.5 Å². The van der Waals surface area contributed by atoms with Crippen molar-refractivity contribution in [2.45, 2.75) is 19.3 Å². The Bertz CT molecular complexity index is 4470. The van der Waals surface area contributed by atoms with Crippen molar-refractivity contribution in [1.82, 2.24) is 24.1 Å². The second-order valence-corrected chi connectivity index (χ2v) is 19.6. The van der Waals surface area contributed by atoms with E-state index >= 15 is 0 Å². The van der Waals surface area contributed by atoms with E-state index in [0.29, 0.717) is 17.5 Å². The lowest BCUT2D eigenvalue weighted by Crippen LogP contribution is -2.14. The van der Waals surface area contributed by atoms with E-state index in [-0.39, 0.29) is 5.41 Å². The van der Waals surface area contributed by atoms with Gasteiger partial charge in [-0.3, -0.25) is 0 Å². The molecule has 0 atom stereocenters. The molecule has 4 heterocycles. The topological polar surface area (TPSA) is 61.7 Å². The molecule has 0 amide bonds. The second-order valence-electron chi connectivity index (χ2n) is 19.6. The zero-order valence-electron chi connectivity index (χ0n) is 39.5. The number of benzene rings is 10. The van der Waals surface area contributed by atoms with Gasteiger partial charge in [0.2, 0.25) is 0 Å². The number of aromatic nitrogens is 5. The lowest BCUT2D eigenvalue weighted by Gasteiger charge is -2.21. The number of hydrogen-bond acceptors (Lipinski definition) is 4. The van der Waals surface area contributed by atoms with E-state index in [1.807, 2.05) is 66.7 Å². The summed E-state index contributed by atoms with van der Waals surface area (Å²) in [5.41, 5.74) is 18.7. The van der Waals surface area contributed by atoms with E-state index in [1.165, 1.54) is 44.1 Å². The van der Waals surface area contributed by atoms with Gasteiger partial charge in [-0.2, -0.15) is 0 Å². The summed E-state index contributed by atoms with van der Waals surface area (Å²) in [6, 6.07) is 80.2. The molecule has 0 N–H and O–H groups in total. The van der Waals surface area contributed by atoms with Crippen molar-refractivity contribution in [3.63, 3.8) is 0 Å². The summed E-state index contributed by atoms with van der Waals surface area (Å²) in [6.45, 7) is 4.72. The van der Waals surface area contributed by atoms with Crippen LogP contribution in [0.4, 0.5) is 0 Å². The third kappa shape index (κ3) is 6.05. The molecule has 6 heteroatoms. The van der Waals surface area contributed by atoms with Crippen LogP contribution in [0, 0.1) is 0 Å². The number of fused-ring (bicyclic) bond motifs is 12. The minimum absolute atomic E-state index is 0.113. The second kappa shape index (κ2) is 15.3. The third-order valence-electron chi connectivity index (χ3n) is 15.1. The van der Waals surface area contributed by atoms with Gasteiger partial charge < -0.3 is 13.6 Å². The van der Waals surface area contributed by atoms with Crippen molar-refractivity contribution in [2.75, 3.05) is 0 Å². The zero-order chi connectivity index (χ0) is 47.7. The molecule has 72 heavy (non-hydrogen) atoms. The van der Waals surface area contributed by atoms with Crippen LogP contribution in [0.3, 0.4) is 0 Å². The molecule has 0 spiro atoms. The Kier molecular flexibility index (Phi) is 8.61. The minimum Gasteiger partial charge on any atom is -0.456 e. The van der Waals surface area contributed by atoms with Gasteiger partial charge in [-0.1, -0.05) is 159 Å². The average molecular weight is 922 g/mol. The molecule has 4 aromatic heterocycles. The summed E-state index contributed by atoms with van der Waals surface area (Å²) in [6.07, 6.45) is 0. The van der Waals surface area contributed by atoms with Crippen LogP contribution in [0.5, 0.6) is 0 Å². The third-order valence-corrected chi connectivity index (χ3v) is 15.1. The van der Waals surface area contributed by atoms with Crippen LogP contribution in [0.15, 0.2) is 229 Å². The van der Waals surface area contributed by atoms with Gasteiger partial charge in [0.25, 0.3) is 0 Å². The minimum atomic E-state index is -0.113. The Hall–Kier alpha value is -9.39. The summed E-state index contributed by atoms with van der Waals surface area (Å²) in [4.78, 5) is 15.2. The molecule has 0 saturated heterocycles. The fraction of sp³-hybridized carbons (Fsp3) is 0.0455. The first-order valence-electron chi connectivity index (χ1n) is 24.6. The molecule has 0 unspecified atom stereocenters. The van der Waals surface area contributed by atoms with Crippen LogP contribution < -0.4 is 0 Å². The van der Waals surface area contributed by atoms with Gasteiger partial charge in [0, 0.05) is 71.9 Å². The highest BCUT2D eigenvalue weighted by atomic mass is 16.3. The summed E-state index contributed by atoms with van der Waals surface area (Å²) in [5, 5.41) is 6.97. The molecule has 0 radical (unpaired) electrons. The van der Waals surface area contributed by atoms with E-state index in [9.17, 15) is 0 Å². The van der Waals surface area contributed by atoms with Crippen molar-refractivity contribution in [3.05, 3.63) is 236 Å². The average Bonchev–Trinajstić information content (AvgIpc) is 4.14. The summed E-state index contributed by atoms with van der Waals surface area (Å²) >= 11 is 0. The number of hydrogen-bond donors (Lipinski definition) is 0. The molecule has 1 aliphatic rings. The number of nitrogens with zero attached hydrogens (tertiary/aromatic N) is 5. The molecule has 0 bridgehead atoms. The standard InChI is InChI=1S/C66H43N5O/c1-66(2)55-27-14-12-25-47(55)49-36-52-50-34-42(29-31-57(50)70(59(52)38-56(49)66)45-22-10-5-11-23-45)43-30-32-58-51(35-43)53-37-54-48-26-13-15-28-61(48)72-62(54)39-60(53)71(58)46-24-16-21-44(33-46)65-68-63(40-17-6-3-7-18-40)67-64(69-65)41-19-8-4-9-20-41/h3-39H,1-2H3. The van der Waals surface area contributed by atoms with Gasteiger partial charge in [-0.25, -0.2) is 15.0 Å². The zero-order valence-corrected chi connectivity index (χ0v) is 39.5. The fourth-order valence-electron chi connectivity index (χ4n) is 11.7. The van der Waals surface area contributed by atoms with Crippen molar-refractivity contribution in [1.29, 1.82) is 0 Å². The molecule has 338 valence electrons. The molecular formula is C66H43N5O. The first kappa shape index (κ1) is 40.5. The van der Waals surface area contributed by atoms with Gasteiger partial charge in [0.1, 0.15) is 11.2 Å². The number of rotatable bonds is 6. The molecule has 0 fully saturated rings. The van der Waals surface area contributed by atoms with E-state index in [0.717, 1.165) is 82.9 Å². The van der Waals surface area contributed by atoms with E-state index in [4.69, 9.17) is 19.4 Å². The number of para-hydroxylation sites is 2. The highest BCUT2D eigenvalue weighted by molar-refractivity contribution is 6.18. The van der Waals surface area contributed by atoms with Crippen LogP contribution in [0.1, 0.15) is 25.0 Å². The maximum Gasteiger partial charge on any atom is 0.164 e. The maximum atomic E-state index is 6.57. The molecule has 0 saturated carbocycles. The lowest BCUT2D eigenvalue weighted by atomic mass is 9.82. The van der Waals surface area contributed by atoms with E-state index in [1.54, 1.807) is 0 Å². The van der Waals surface area contributed by atoms with Gasteiger partial charge in [-0.05, 0) is 106 Å². The van der Waals surface area contributed by atoms with Crippen LogP contribution >= 0.6 is 0 Å². The Balaban J connectivity index is 0.935. The van der Waals surface area contributed by atoms with Crippen LogP contribution in [-0.2, 0) is 5.41 Å². The summed E-state index contributed by atoms with van der Waals surface area (Å²) in [5.74, 6) is 1.86. The smallest absolute Gasteiger partial charge is 0.164 e. The molecular weight excluding hydrogens is 879 g/mol. The van der Waals surface area contributed by atoms with Crippen molar-refractivity contribution in [3.8, 4) is 67.8 Å². The normalized spacial score (nSPS) is 13.0. The van der Waals surface area contributed by atoms with Crippen LogP contribution in [0.2, 0.25) is 0 Å².